The van der Waals surface area contributed by atoms with Crippen LogP contribution in [0.4, 0.5) is 0 Å². The van der Waals surface area contributed by atoms with Crippen LogP contribution in [0, 0.1) is 0 Å². The van der Waals surface area contributed by atoms with E-state index in [-0.39, 0.29) is 0 Å². The average Bonchev–Trinajstić information content (AvgIpc) is 2.09. The molecule has 2 heteroatoms. The van der Waals surface area contributed by atoms with E-state index >= 15 is 0 Å². The third kappa shape index (κ3) is 3.97. The molecule has 2 N–H and O–H groups in total. The predicted molar refractivity (Wildman–Crippen MR) is 60.4 cm³/mol. The van der Waals surface area contributed by atoms with Gasteiger partial charge in [0.1, 0.15) is 0 Å². The molecule has 0 aliphatic heterocycles. The Morgan fingerprint density at radius 1 is 1.43 bits per heavy atom. The van der Waals surface area contributed by atoms with Gasteiger partial charge in [0.2, 0.25) is 0 Å². The quantitative estimate of drug-likeness (QED) is 0.729. The lowest BCUT2D eigenvalue weighted by Crippen LogP contribution is -2.43. The van der Waals surface area contributed by atoms with Crippen LogP contribution in [0.2, 0.25) is 0 Å². The molecule has 1 unspecified atom stereocenters. The lowest BCUT2D eigenvalue weighted by atomic mass is 9.83. The number of aliphatic hydroxyl groups is 1. The van der Waals surface area contributed by atoms with Crippen molar-refractivity contribution >= 4 is 0 Å². The molecule has 0 spiro atoms. The van der Waals surface area contributed by atoms with E-state index in [2.05, 4.69) is 19.2 Å². The molecule has 0 radical (unpaired) electrons. The summed E-state index contributed by atoms with van der Waals surface area (Å²) in [6.07, 6.45) is 6.65. The first-order chi connectivity index (χ1) is 6.53. The maximum atomic E-state index is 9.80. The molecule has 84 valence electrons. The summed E-state index contributed by atoms with van der Waals surface area (Å²) in [4.78, 5) is 0. The summed E-state index contributed by atoms with van der Waals surface area (Å²) in [6.45, 7) is 6.44. The van der Waals surface area contributed by atoms with E-state index in [1.165, 1.54) is 12.8 Å². The van der Waals surface area contributed by atoms with Crippen LogP contribution in [-0.2, 0) is 0 Å². The topological polar surface area (TPSA) is 32.3 Å². The Hall–Kier alpha value is -0.0800. The first-order valence-electron chi connectivity index (χ1n) is 6.02. The molecule has 14 heavy (non-hydrogen) atoms. The Bertz CT molecular complexity index is 158. The number of hydrogen-bond acceptors (Lipinski definition) is 2. The minimum absolute atomic E-state index is 0.397. The summed E-state index contributed by atoms with van der Waals surface area (Å²) in [5, 5.41) is 13.4. The number of nitrogens with one attached hydrogen (secondary N) is 1. The van der Waals surface area contributed by atoms with Crippen LogP contribution in [0.5, 0.6) is 0 Å². The maximum absolute atomic E-state index is 9.80. The molecule has 1 atom stereocenters. The highest BCUT2D eigenvalue weighted by Crippen LogP contribution is 2.27. The predicted octanol–water partition coefficient (Wildman–Crippen LogP) is 2.46. The molecular weight excluding hydrogens is 174 g/mol. The van der Waals surface area contributed by atoms with Crippen molar-refractivity contribution in [2.75, 3.05) is 0 Å². The zero-order valence-corrected chi connectivity index (χ0v) is 9.84. The van der Waals surface area contributed by atoms with E-state index in [0.29, 0.717) is 12.1 Å². The summed E-state index contributed by atoms with van der Waals surface area (Å²) in [6, 6.07) is 1.27. The van der Waals surface area contributed by atoms with E-state index < -0.39 is 5.60 Å². The highest BCUT2D eigenvalue weighted by atomic mass is 16.3. The van der Waals surface area contributed by atoms with E-state index in [0.717, 1.165) is 25.7 Å². The Kier molecular flexibility index (Phi) is 4.39. The fraction of sp³-hybridized carbons (Fsp3) is 1.00. The third-order valence-corrected chi connectivity index (χ3v) is 3.30. The van der Waals surface area contributed by atoms with Crippen molar-refractivity contribution < 1.29 is 5.11 Å². The summed E-state index contributed by atoms with van der Waals surface area (Å²) in [5.74, 6) is 0. The van der Waals surface area contributed by atoms with Crippen LogP contribution >= 0.6 is 0 Å². The fourth-order valence-electron chi connectivity index (χ4n) is 2.33. The molecule has 1 aliphatic rings. The summed E-state index contributed by atoms with van der Waals surface area (Å²) in [5.41, 5.74) is -0.397. The van der Waals surface area contributed by atoms with Gasteiger partial charge in [-0.25, -0.2) is 0 Å². The van der Waals surface area contributed by atoms with E-state index in [4.69, 9.17) is 0 Å². The van der Waals surface area contributed by atoms with Crippen molar-refractivity contribution in [2.24, 2.45) is 0 Å². The molecule has 0 heterocycles. The summed E-state index contributed by atoms with van der Waals surface area (Å²) in [7, 11) is 0. The van der Waals surface area contributed by atoms with Gasteiger partial charge in [-0.3, -0.25) is 0 Å². The zero-order valence-electron chi connectivity index (χ0n) is 9.84. The standard InChI is InChI=1S/C12H25NO/c1-4-5-10(2)13-11-6-8-12(3,14)9-7-11/h10-11,13-14H,4-9H2,1-3H3. The van der Waals surface area contributed by atoms with Gasteiger partial charge < -0.3 is 10.4 Å². The minimum atomic E-state index is -0.397. The molecule has 1 saturated carbocycles. The van der Waals surface area contributed by atoms with Crippen LogP contribution < -0.4 is 5.32 Å². The SMILES string of the molecule is CCCC(C)NC1CCC(C)(O)CC1. The number of rotatable bonds is 4. The summed E-state index contributed by atoms with van der Waals surface area (Å²) >= 11 is 0. The van der Waals surface area contributed by atoms with Crippen molar-refractivity contribution in [3.8, 4) is 0 Å². The van der Waals surface area contributed by atoms with Gasteiger partial charge in [0.05, 0.1) is 5.60 Å². The van der Waals surface area contributed by atoms with E-state index in [1.807, 2.05) is 6.92 Å². The zero-order chi connectivity index (χ0) is 10.6. The van der Waals surface area contributed by atoms with Gasteiger partial charge in [-0.05, 0) is 46.0 Å². The van der Waals surface area contributed by atoms with Crippen LogP contribution in [-0.4, -0.2) is 22.8 Å². The second-order valence-electron chi connectivity index (χ2n) is 5.13. The van der Waals surface area contributed by atoms with Crippen molar-refractivity contribution in [3.63, 3.8) is 0 Å². The molecule has 2 nitrogen and oxygen atoms in total. The molecule has 0 aromatic heterocycles. The normalized spacial score (nSPS) is 35.6. The number of hydrogen-bond donors (Lipinski definition) is 2. The summed E-state index contributed by atoms with van der Waals surface area (Å²) < 4.78 is 0. The molecule has 0 amide bonds. The van der Waals surface area contributed by atoms with Crippen LogP contribution in [0.3, 0.4) is 0 Å². The minimum Gasteiger partial charge on any atom is -0.390 e. The Morgan fingerprint density at radius 2 is 2.00 bits per heavy atom. The highest BCUT2D eigenvalue weighted by Gasteiger charge is 2.28. The van der Waals surface area contributed by atoms with Crippen LogP contribution in [0.1, 0.15) is 59.3 Å². The largest absolute Gasteiger partial charge is 0.390 e. The van der Waals surface area contributed by atoms with Crippen LogP contribution in [0.25, 0.3) is 0 Å². The Morgan fingerprint density at radius 3 is 2.50 bits per heavy atom. The Labute approximate surface area is 88.1 Å². The lowest BCUT2D eigenvalue weighted by molar-refractivity contribution is 0.0130. The Balaban J connectivity index is 2.22. The van der Waals surface area contributed by atoms with Gasteiger partial charge in [0.25, 0.3) is 0 Å². The third-order valence-electron chi connectivity index (χ3n) is 3.30. The van der Waals surface area contributed by atoms with Crippen molar-refractivity contribution in [2.45, 2.75) is 77.0 Å². The van der Waals surface area contributed by atoms with Gasteiger partial charge >= 0.3 is 0 Å². The van der Waals surface area contributed by atoms with Crippen molar-refractivity contribution in [3.05, 3.63) is 0 Å². The van der Waals surface area contributed by atoms with Gasteiger partial charge in [0, 0.05) is 12.1 Å². The molecule has 1 aliphatic carbocycles. The highest BCUT2D eigenvalue weighted by molar-refractivity contribution is 4.85. The fourth-order valence-corrected chi connectivity index (χ4v) is 2.33. The van der Waals surface area contributed by atoms with Gasteiger partial charge in [-0.15, -0.1) is 0 Å². The van der Waals surface area contributed by atoms with Crippen LogP contribution in [0.15, 0.2) is 0 Å². The van der Waals surface area contributed by atoms with Gasteiger partial charge in [-0.1, -0.05) is 13.3 Å². The lowest BCUT2D eigenvalue weighted by Gasteiger charge is -2.34. The first kappa shape index (κ1) is 12.0. The monoisotopic (exact) mass is 199 g/mol. The van der Waals surface area contributed by atoms with E-state index in [9.17, 15) is 5.11 Å². The first-order valence-corrected chi connectivity index (χ1v) is 6.02. The molecular formula is C12H25NO. The molecule has 0 aromatic rings. The van der Waals surface area contributed by atoms with Crippen molar-refractivity contribution in [1.29, 1.82) is 0 Å². The second-order valence-corrected chi connectivity index (χ2v) is 5.13. The molecule has 1 fully saturated rings. The van der Waals surface area contributed by atoms with E-state index in [1.54, 1.807) is 0 Å². The maximum Gasteiger partial charge on any atom is 0.0621 e. The smallest absolute Gasteiger partial charge is 0.0621 e. The molecule has 0 aromatic carbocycles. The van der Waals surface area contributed by atoms with Gasteiger partial charge in [0.15, 0.2) is 0 Å². The second kappa shape index (κ2) is 5.13. The molecule has 1 rings (SSSR count). The van der Waals surface area contributed by atoms with Crippen molar-refractivity contribution in [1.82, 2.24) is 5.32 Å². The molecule has 0 saturated heterocycles. The average molecular weight is 199 g/mol. The molecule has 0 bridgehead atoms. The van der Waals surface area contributed by atoms with Gasteiger partial charge in [-0.2, -0.15) is 0 Å².